The third-order valence-electron chi connectivity index (χ3n) is 3.22. The van der Waals surface area contributed by atoms with Crippen LogP contribution in [0.4, 0.5) is 0 Å². The zero-order valence-corrected chi connectivity index (χ0v) is 10.7. The highest BCUT2D eigenvalue weighted by molar-refractivity contribution is 5.75. The van der Waals surface area contributed by atoms with Crippen LogP contribution in [0.1, 0.15) is 31.9 Å². The van der Waals surface area contributed by atoms with Gasteiger partial charge in [-0.25, -0.2) is 0 Å². The van der Waals surface area contributed by atoms with Crippen molar-refractivity contribution in [2.75, 3.05) is 13.1 Å². The summed E-state index contributed by atoms with van der Waals surface area (Å²) in [6.45, 7) is 4.76. The van der Waals surface area contributed by atoms with Gasteiger partial charge in [-0.05, 0) is 19.8 Å². The van der Waals surface area contributed by atoms with E-state index in [1.807, 2.05) is 6.20 Å². The maximum absolute atomic E-state index is 10.9. The van der Waals surface area contributed by atoms with E-state index in [0.717, 1.165) is 38.2 Å². The van der Waals surface area contributed by atoms with Crippen LogP contribution in [-0.4, -0.2) is 50.0 Å². The Bertz CT molecular complexity index is 397. The van der Waals surface area contributed by atoms with Crippen LogP contribution < -0.4 is 0 Å². The average molecular weight is 252 g/mol. The van der Waals surface area contributed by atoms with Crippen LogP contribution in [0.25, 0.3) is 0 Å². The predicted molar refractivity (Wildman–Crippen MR) is 65.8 cm³/mol. The Morgan fingerprint density at radius 2 is 2.22 bits per heavy atom. The van der Waals surface area contributed by atoms with E-state index >= 15 is 0 Å². The lowest BCUT2D eigenvalue weighted by Gasteiger charge is -2.28. The molecule has 1 saturated heterocycles. The summed E-state index contributed by atoms with van der Waals surface area (Å²) < 4.78 is 1.72. The molecular weight excluding hydrogens is 232 g/mol. The van der Waals surface area contributed by atoms with E-state index in [0.29, 0.717) is 13.0 Å². The minimum Gasteiger partial charge on any atom is -0.393 e. The topological polar surface area (TPSA) is 71.2 Å². The second kappa shape index (κ2) is 6.06. The Morgan fingerprint density at radius 3 is 2.89 bits per heavy atom. The summed E-state index contributed by atoms with van der Waals surface area (Å²) in [6.07, 6.45) is 3.91. The first-order valence-electron chi connectivity index (χ1n) is 6.42. The lowest BCUT2D eigenvalue weighted by molar-refractivity contribution is -0.117. The molecular formula is C12H20N4O2. The Balaban J connectivity index is 1.81. The number of ketones is 1. The number of rotatable bonds is 5. The van der Waals surface area contributed by atoms with Crippen LogP contribution in [0.5, 0.6) is 0 Å². The van der Waals surface area contributed by atoms with Crippen LogP contribution in [-0.2, 0) is 17.9 Å². The average Bonchev–Trinajstić information content (AvgIpc) is 2.77. The number of likely N-dealkylation sites (tertiary alicyclic amines) is 1. The van der Waals surface area contributed by atoms with E-state index in [9.17, 15) is 9.90 Å². The van der Waals surface area contributed by atoms with Crippen molar-refractivity contribution in [3.8, 4) is 0 Å². The third kappa shape index (κ3) is 3.89. The van der Waals surface area contributed by atoms with E-state index in [2.05, 4.69) is 15.2 Å². The molecule has 6 heteroatoms. The fraction of sp³-hybridized carbons (Fsp3) is 0.750. The minimum atomic E-state index is -0.146. The number of aryl methyl sites for hydroxylation is 1. The summed E-state index contributed by atoms with van der Waals surface area (Å²) >= 11 is 0. The van der Waals surface area contributed by atoms with Gasteiger partial charge in [-0.1, -0.05) is 5.21 Å². The van der Waals surface area contributed by atoms with Crippen molar-refractivity contribution in [3.63, 3.8) is 0 Å². The molecule has 0 bridgehead atoms. The van der Waals surface area contributed by atoms with Crippen molar-refractivity contribution in [2.45, 2.75) is 45.4 Å². The highest BCUT2D eigenvalue weighted by atomic mass is 16.3. The molecule has 1 aliphatic rings. The second-order valence-corrected chi connectivity index (χ2v) is 4.93. The standard InChI is InChI=1S/C12H20N4O2/c1-10(17)2-7-16-9-11(13-14-16)8-15-5-3-12(18)4-6-15/h9,12,18H,2-8H2,1H3. The molecule has 18 heavy (non-hydrogen) atoms. The van der Waals surface area contributed by atoms with Crippen molar-refractivity contribution in [3.05, 3.63) is 11.9 Å². The van der Waals surface area contributed by atoms with Gasteiger partial charge < -0.3 is 5.11 Å². The summed E-state index contributed by atoms with van der Waals surface area (Å²) in [5, 5.41) is 17.5. The molecule has 0 aromatic carbocycles. The lowest BCUT2D eigenvalue weighted by Crippen LogP contribution is -2.35. The van der Waals surface area contributed by atoms with Crippen molar-refractivity contribution in [1.82, 2.24) is 19.9 Å². The number of aliphatic hydroxyl groups is 1. The van der Waals surface area contributed by atoms with E-state index in [-0.39, 0.29) is 11.9 Å². The molecule has 2 heterocycles. The molecule has 1 N–H and O–H groups in total. The first-order valence-corrected chi connectivity index (χ1v) is 6.42. The Morgan fingerprint density at radius 1 is 1.50 bits per heavy atom. The van der Waals surface area contributed by atoms with Crippen molar-refractivity contribution < 1.29 is 9.90 Å². The molecule has 1 fully saturated rings. The lowest BCUT2D eigenvalue weighted by atomic mass is 10.1. The summed E-state index contributed by atoms with van der Waals surface area (Å²) in [4.78, 5) is 13.1. The molecule has 0 spiro atoms. The quantitative estimate of drug-likeness (QED) is 0.811. The van der Waals surface area contributed by atoms with Gasteiger partial charge in [-0.3, -0.25) is 14.4 Å². The predicted octanol–water partition coefficient (Wildman–Crippen LogP) is 0.214. The normalized spacial score (nSPS) is 18.1. The number of hydrogen-bond donors (Lipinski definition) is 1. The van der Waals surface area contributed by atoms with Gasteiger partial charge in [0.2, 0.25) is 0 Å². The minimum absolute atomic E-state index is 0.146. The third-order valence-corrected chi connectivity index (χ3v) is 3.22. The van der Waals surface area contributed by atoms with E-state index in [4.69, 9.17) is 0 Å². The van der Waals surface area contributed by atoms with Crippen LogP contribution in [0, 0.1) is 0 Å². The number of aliphatic hydroxyl groups excluding tert-OH is 1. The first-order chi connectivity index (χ1) is 8.63. The summed E-state index contributed by atoms with van der Waals surface area (Å²) in [5.41, 5.74) is 0.926. The molecule has 1 aromatic rings. The smallest absolute Gasteiger partial charge is 0.131 e. The largest absolute Gasteiger partial charge is 0.393 e. The highest BCUT2D eigenvalue weighted by Crippen LogP contribution is 2.12. The van der Waals surface area contributed by atoms with E-state index < -0.39 is 0 Å². The summed E-state index contributed by atoms with van der Waals surface area (Å²) in [7, 11) is 0. The maximum Gasteiger partial charge on any atom is 0.131 e. The molecule has 0 atom stereocenters. The Kier molecular flexibility index (Phi) is 4.43. The zero-order chi connectivity index (χ0) is 13.0. The molecule has 0 unspecified atom stereocenters. The molecule has 1 aliphatic heterocycles. The van der Waals surface area contributed by atoms with Gasteiger partial charge in [0.15, 0.2) is 0 Å². The molecule has 2 rings (SSSR count). The highest BCUT2D eigenvalue weighted by Gasteiger charge is 2.17. The van der Waals surface area contributed by atoms with Gasteiger partial charge in [-0.15, -0.1) is 5.10 Å². The number of carbonyl (C=O) groups excluding carboxylic acids is 1. The SMILES string of the molecule is CC(=O)CCn1cc(CN2CCC(O)CC2)nn1. The fourth-order valence-corrected chi connectivity index (χ4v) is 2.10. The number of hydrogen-bond acceptors (Lipinski definition) is 5. The van der Waals surface area contributed by atoms with Crippen molar-refractivity contribution in [2.24, 2.45) is 0 Å². The molecule has 6 nitrogen and oxygen atoms in total. The molecule has 0 radical (unpaired) electrons. The maximum atomic E-state index is 10.9. The second-order valence-electron chi connectivity index (χ2n) is 4.93. The molecule has 0 saturated carbocycles. The molecule has 100 valence electrons. The number of Topliss-reactive ketones (excluding diaryl/α,β-unsaturated/α-hetero) is 1. The fourth-order valence-electron chi connectivity index (χ4n) is 2.10. The zero-order valence-electron chi connectivity index (χ0n) is 10.7. The van der Waals surface area contributed by atoms with Crippen molar-refractivity contribution >= 4 is 5.78 Å². The van der Waals surface area contributed by atoms with Gasteiger partial charge in [-0.2, -0.15) is 0 Å². The number of aromatic nitrogens is 3. The molecule has 0 amide bonds. The van der Waals surface area contributed by atoms with Gasteiger partial charge >= 0.3 is 0 Å². The van der Waals surface area contributed by atoms with Crippen LogP contribution in [0.2, 0.25) is 0 Å². The van der Waals surface area contributed by atoms with Gasteiger partial charge in [0, 0.05) is 38.8 Å². The van der Waals surface area contributed by atoms with Crippen LogP contribution in [0.3, 0.4) is 0 Å². The molecule has 0 aliphatic carbocycles. The van der Waals surface area contributed by atoms with Gasteiger partial charge in [0.05, 0.1) is 11.8 Å². The van der Waals surface area contributed by atoms with E-state index in [1.165, 1.54) is 0 Å². The monoisotopic (exact) mass is 252 g/mol. The van der Waals surface area contributed by atoms with Crippen LogP contribution in [0.15, 0.2) is 6.20 Å². The first kappa shape index (κ1) is 13.2. The summed E-state index contributed by atoms with van der Waals surface area (Å²) in [6, 6.07) is 0. The number of piperidine rings is 1. The van der Waals surface area contributed by atoms with E-state index in [1.54, 1.807) is 11.6 Å². The Labute approximate surface area is 107 Å². The van der Waals surface area contributed by atoms with Crippen LogP contribution >= 0.6 is 0 Å². The Hall–Kier alpha value is -1.27. The molecule has 1 aromatic heterocycles. The van der Waals surface area contributed by atoms with Gasteiger partial charge in [0.1, 0.15) is 5.78 Å². The van der Waals surface area contributed by atoms with Gasteiger partial charge in [0.25, 0.3) is 0 Å². The number of carbonyl (C=O) groups is 1. The number of nitrogens with zero attached hydrogens (tertiary/aromatic N) is 4. The van der Waals surface area contributed by atoms with Crippen molar-refractivity contribution in [1.29, 1.82) is 0 Å². The summed E-state index contributed by atoms with van der Waals surface area (Å²) in [5.74, 6) is 0.164.